The van der Waals surface area contributed by atoms with E-state index in [1.165, 1.54) is 0 Å². The van der Waals surface area contributed by atoms with E-state index in [9.17, 15) is 19.5 Å². The lowest BCUT2D eigenvalue weighted by molar-refractivity contribution is -0.253. The van der Waals surface area contributed by atoms with Crippen molar-refractivity contribution in [3.05, 3.63) is 150 Å². The third-order valence-corrected chi connectivity index (χ3v) is 12.1. The van der Waals surface area contributed by atoms with Crippen molar-refractivity contribution in [3.8, 4) is 11.1 Å². The zero-order valence-corrected chi connectivity index (χ0v) is 34.3. The van der Waals surface area contributed by atoms with Crippen molar-refractivity contribution < 1.29 is 29.0 Å². The zero-order valence-electron chi connectivity index (χ0n) is 34.3. The van der Waals surface area contributed by atoms with Crippen LogP contribution in [0, 0.1) is 0 Å². The minimum absolute atomic E-state index is 0.0196. The minimum Gasteiger partial charge on any atom is -0.397 e. The Labute approximate surface area is 357 Å². The van der Waals surface area contributed by atoms with E-state index in [0.717, 1.165) is 65.0 Å². The summed E-state index contributed by atoms with van der Waals surface area (Å²) in [6.07, 6.45) is 2.10. The maximum Gasteiger partial charge on any atom is 0.247 e. The molecule has 3 aliphatic rings. The fourth-order valence-corrected chi connectivity index (χ4v) is 8.67. The Morgan fingerprint density at radius 1 is 0.787 bits per heavy atom. The molecule has 5 aromatic rings. The van der Waals surface area contributed by atoms with Crippen LogP contribution in [0.2, 0.25) is 0 Å². The summed E-state index contributed by atoms with van der Waals surface area (Å²) in [5.74, 6) is -0.189. The predicted octanol–water partition coefficient (Wildman–Crippen LogP) is 6.83. The number of nitrogens with one attached hydrogen (secondary N) is 3. The van der Waals surface area contributed by atoms with Gasteiger partial charge in [0.15, 0.2) is 6.29 Å². The first-order valence-electron chi connectivity index (χ1n) is 21.2. The van der Waals surface area contributed by atoms with Gasteiger partial charge in [-0.15, -0.1) is 0 Å². The van der Waals surface area contributed by atoms with E-state index < -0.39 is 11.8 Å². The molecule has 8 rings (SSSR count). The number of carbonyl (C=O) groups excluding carboxylic acids is 3. The van der Waals surface area contributed by atoms with Crippen molar-refractivity contribution in [2.45, 2.75) is 75.7 Å². The molecule has 5 aromatic carbocycles. The number of carbonyl (C=O) groups is 3. The second-order valence-electron chi connectivity index (χ2n) is 16.2. The molecule has 6 N–H and O–H groups in total. The van der Waals surface area contributed by atoms with Crippen molar-refractivity contribution in [1.82, 2.24) is 15.5 Å². The number of para-hydroxylation sites is 3. The van der Waals surface area contributed by atoms with Gasteiger partial charge >= 0.3 is 0 Å². The molecule has 3 saturated heterocycles. The van der Waals surface area contributed by atoms with Crippen LogP contribution in [0.4, 0.5) is 17.1 Å². The minimum atomic E-state index is -0.593. The van der Waals surface area contributed by atoms with Gasteiger partial charge < -0.3 is 46.1 Å². The van der Waals surface area contributed by atoms with E-state index >= 15 is 0 Å². The van der Waals surface area contributed by atoms with Gasteiger partial charge in [0.25, 0.3) is 0 Å². The molecular formula is C49H54N6O6. The second kappa shape index (κ2) is 19.1. The molecule has 3 atom stereocenters. The van der Waals surface area contributed by atoms with E-state index in [4.69, 9.17) is 15.2 Å². The van der Waals surface area contributed by atoms with Gasteiger partial charge in [0.05, 0.1) is 36.9 Å². The molecule has 0 bridgehead atoms. The number of aliphatic hydroxyl groups excluding tert-OH is 1. The fourth-order valence-electron chi connectivity index (χ4n) is 8.67. The Morgan fingerprint density at radius 3 is 2.26 bits per heavy atom. The number of nitrogen functional groups attached to an aromatic ring is 1. The Balaban J connectivity index is 0.881. The molecule has 12 heteroatoms. The highest BCUT2D eigenvalue weighted by Gasteiger charge is 2.50. The molecule has 0 aromatic heterocycles. The van der Waals surface area contributed by atoms with Gasteiger partial charge in [-0.25, -0.2) is 0 Å². The molecule has 0 unspecified atom stereocenters. The van der Waals surface area contributed by atoms with Crippen LogP contribution in [0.3, 0.4) is 0 Å². The molecule has 3 heterocycles. The highest BCUT2D eigenvalue weighted by molar-refractivity contribution is 5.94. The normalized spacial score (nSPS) is 20.0. The summed E-state index contributed by atoms with van der Waals surface area (Å²) in [5.41, 5.74) is 13.3. The standard InChI is InChI=1S/C49H54N6O6/c50-42-12-4-5-13-43(42)53-46(58)15-7-14-45(57)51-30-35-8-6-9-39(28-35)36-20-22-38(23-21-36)47-60-41(29-44(61-47)37-18-16-34(32-56)17-19-37)31-54-26-24-49(25-27-54)48(59)52-33-55(49)40-10-2-1-3-11-40/h1-6,8-13,16-23,28,41,44,47,56H,7,14-15,24-27,29-33,50H2,(H,51,57)(H,52,59)(H,53,58)/t41-,44+,47+/m0/s1. The first-order chi connectivity index (χ1) is 29.8. The van der Waals surface area contributed by atoms with Gasteiger partial charge in [-0.1, -0.05) is 97.1 Å². The lowest BCUT2D eigenvalue weighted by Gasteiger charge is -2.45. The molecule has 0 radical (unpaired) electrons. The third-order valence-electron chi connectivity index (χ3n) is 12.1. The summed E-state index contributed by atoms with van der Waals surface area (Å²) < 4.78 is 13.4. The first kappa shape index (κ1) is 41.7. The highest BCUT2D eigenvalue weighted by atomic mass is 16.7. The largest absolute Gasteiger partial charge is 0.397 e. The average molecular weight is 823 g/mol. The molecule has 0 aliphatic carbocycles. The topological polar surface area (TPSA) is 158 Å². The quantitative estimate of drug-likeness (QED) is 0.0758. The molecule has 1 spiro atoms. The summed E-state index contributed by atoms with van der Waals surface area (Å²) in [6.45, 7) is 3.14. The number of piperidine rings is 1. The Hall–Kier alpha value is -6.05. The molecule has 3 fully saturated rings. The summed E-state index contributed by atoms with van der Waals surface area (Å²) in [7, 11) is 0. The van der Waals surface area contributed by atoms with Gasteiger partial charge in [-0.3, -0.25) is 14.4 Å². The van der Waals surface area contributed by atoms with Gasteiger partial charge in [-0.2, -0.15) is 0 Å². The van der Waals surface area contributed by atoms with Crippen molar-refractivity contribution in [2.24, 2.45) is 0 Å². The van der Waals surface area contributed by atoms with Crippen LogP contribution in [0.25, 0.3) is 11.1 Å². The fraction of sp³-hybridized carbons (Fsp3) is 0.327. The predicted molar refractivity (Wildman–Crippen MR) is 236 cm³/mol. The number of anilines is 3. The molecule has 316 valence electrons. The number of hydrogen-bond donors (Lipinski definition) is 5. The van der Waals surface area contributed by atoms with E-state index in [1.807, 2.05) is 78.9 Å². The highest BCUT2D eigenvalue weighted by Crippen LogP contribution is 2.40. The zero-order chi connectivity index (χ0) is 42.2. The number of nitrogens with zero attached hydrogens (tertiary/aromatic N) is 2. The molecule has 12 nitrogen and oxygen atoms in total. The number of nitrogens with two attached hydrogens (primary N) is 1. The Kier molecular flexibility index (Phi) is 13.1. The van der Waals surface area contributed by atoms with E-state index in [0.29, 0.717) is 44.0 Å². The van der Waals surface area contributed by atoms with Crippen molar-refractivity contribution in [3.63, 3.8) is 0 Å². The molecule has 3 amide bonds. The van der Waals surface area contributed by atoms with Crippen molar-refractivity contribution in [1.29, 1.82) is 0 Å². The number of rotatable bonds is 14. The molecule has 61 heavy (non-hydrogen) atoms. The van der Waals surface area contributed by atoms with Crippen LogP contribution in [0.1, 0.15) is 73.2 Å². The lowest BCUT2D eigenvalue weighted by atomic mass is 9.85. The Bertz CT molecular complexity index is 2280. The number of aliphatic hydroxyl groups is 1. The van der Waals surface area contributed by atoms with Crippen LogP contribution in [0.5, 0.6) is 0 Å². The van der Waals surface area contributed by atoms with Crippen molar-refractivity contribution in [2.75, 3.05) is 42.3 Å². The smallest absolute Gasteiger partial charge is 0.247 e. The van der Waals surface area contributed by atoms with E-state index in [-0.39, 0.29) is 49.4 Å². The van der Waals surface area contributed by atoms with Crippen LogP contribution in [0.15, 0.2) is 127 Å². The van der Waals surface area contributed by atoms with Crippen molar-refractivity contribution >= 4 is 34.8 Å². The Morgan fingerprint density at radius 2 is 1.51 bits per heavy atom. The van der Waals surface area contributed by atoms with Gasteiger partial charge in [0.2, 0.25) is 17.7 Å². The maximum atomic E-state index is 13.3. The average Bonchev–Trinajstić information content (AvgIpc) is 3.61. The van der Waals surface area contributed by atoms with Crippen LogP contribution < -0.4 is 26.6 Å². The second-order valence-corrected chi connectivity index (χ2v) is 16.2. The summed E-state index contributed by atoms with van der Waals surface area (Å²) in [6, 6.07) is 41.5. The number of amides is 3. The number of benzene rings is 5. The third kappa shape index (κ3) is 9.95. The maximum absolute atomic E-state index is 13.3. The molecular weight excluding hydrogens is 769 g/mol. The summed E-state index contributed by atoms with van der Waals surface area (Å²) >= 11 is 0. The monoisotopic (exact) mass is 822 g/mol. The molecule has 0 saturated carbocycles. The van der Waals surface area contributed by atoms with Gasteiger partial charge in [0, 0.05) is 56.7 Å². The lowest BCUT2D eigenvalue weighted by Crippen LogP contribution is -2.57. The van der Waals surface area contributed by atoms with Gasteiger partial charge in [0.1, 0.15) is 5.54 Å². The van der Waals surface area contributed by atoms with Crippen LogP contribution in [-0.4, -0.2) is 65.7 Å². The SMILES string of the molecule is Nc1ccccc1NC(=O)CCCC(=O)NCc1cccc(-c2ccc([C@@H]3O[C@H](CN4CCC5(CC4)C(=O)NCN5c4ccccc4)C[C@H](c4ccc(CO)cc4)O3)cc2)c1. The number of hydrogen-bond acceptors (Lipinski definition) is 9. The number of ether oxygens (including phenoxy) is 2. The van der Waals surface area contributed by atoms with E-state index in [2.05, 4.69) is 56.1 Å². The summed E-state index contributed by atoms with van der Waals surface area (Å²) in [5, 5.41) is 18.6. The summed E-state index contributed by atoms with van der Waals surface area (Å²) in [4.78, 5) is 42.9. The molecule has 3 aliphatic heterocycles. The van der Waals surface area contributed by atoms with Crippen LogP contribution >= 0.6 is 0 Å². The van der Waals surface area contributed by atoms with E-state index in [1.54, 1.807) is 18.2 Å². The number of likely N-dealkylation sites (tertiary alicyclic amines) is 1. The van der Waals surface area contributed by atoms with Crippen LogP contribution in [-0.2, 0) is 37.0 Å². The first-order valence-corrected chi connectivity index (χ1v) is 21.2. The van der Waals surface area contributed by atoms with Gasteiger partial charge in [-0.05, 0) is 77.4 Å².